The Morgan fingerprint density at radius 1 is 1.24 bits per heavy atom. The van der Waals surface area contributed by atoms with Crippen LogP contribution < -0.4 is 15.0 Å². The van der Waals surface area contributed by atoms with Crippen LogP contribution in [0.25, 0.3) is 0 Å². The molecule has 1 saturated heterocycles. The summed E-state index contributed by atoms with van der Waals surface area (Å²) < 4.78 is 9.83. The summed E-state index contributed by atoms with van der Waals surface area (Å²) in [6, 6.07) is 8.29. The Hall–Kier alpha value is -1.86. The summed E-state index contributed by atoms with van der Waals surface area (Å²) in [7, 11) is 3.10. The normalized spacial score (nSPS) is 14.9. The van der Waals surface area contributed by atoms with Gasteiger partial charge in [-0.3, -0.25) is 4.79 Å². The van der Waals surface area contributed by atoms with Crippen LogP contribution in [0.5, 0.6) is 5.75 Å². The van der Waals surface area contributed by atoms with Gasteiger partial charge in [-0.05, 0) is 42.9 Å². The van der Waals surface area contributed by atoms with E-state index < -0.39 is 0 Å². The lowest BCUT2D eigenvalue weighted by Crippen LogP contribution is -3.13. The standard InChI is InChI=1S/C18H27N3O3S/c1-23-16-7-5-15(6-8-16)14-20-10-12-21(13-11-20)18(25)19-9-3-4-17(22)24-2/h5-8H,3-4,9-14H2,1-2H3,(H,19,25)/p+1. The van der Waals surface area contributed by atoms with Crippen molar-refractivity contribution in [2.75, 3.05) is 46.9 Å². The number of carbonyl (C=O) groups is 1. The molecule has 0 spiro atoms. The van der Waals surface area contributed by atoms with Crippen LogP contribution in [0.1, 0.15) is 18.4 Å². The molecule has 0 unspecified atom stereocenters. The molecule has 0 aromatic heterocycles. The molecule has 7 heteroatoms. The largest absolute Gasteiger partial charge is 0.497 e. The smallest absolute Gasteiger partial charge is 0.305 e. The first-order valence-corrected chi connectivity index (χ1v) is 9.09. The molecule has 0 bridgehead atoms. The Morgan fingerprint density at radius 2 is 1.92 bits per heavy atom. The molecule has 0 radical (unpaired) electrons. The summed E-state index contributed by atoms with van der Waals surface area (Å²) in [4.78, 5) is 14.9. The van der Waals surface area contributed by atoms with Gasteiger partial charge in [0, 0.05) is 18.5 Å². The molecule has 2 N–H and O–H groups in total. The van der Waals surface area contributed by atoms with Gasteiger partial charge in [-0.1, -0.05) is 0 Å². The van der Waals surface area contributed by atoms with E-state index in [1.165, 1.54) is 12.7 Å². The molecule has 1 fully saturated rings. The van der Waals surface area contributed by atoms with Crippen molar-refractivity contribution in [3.8, 4) is 5.75 Å². The van der Waals surface area contributed by atoms with E-state index in [1.807, 2.05) is 12.1 Å². The SMILES string of the molecule is COC(=O)CCCNC(=S)N1CC[NH+](Cc2ccc(OC)cc2)CC1. The molecular weight excluding hydrogens is 338 g/mol. The lowest BCUT2D eigenvalue weighted by atomic mass is 10.2. The quantitative estimate of drug-likeness (QED) is 0.409. The van der Waals surface area contributed by atoms with E-state index >= 15 is 0 Å². The zero-order valence-electron chi connectivity index (χ0n) is 15.0. The number of thiocarbonyl (C=S) groups is 1. The fourth-order valence-electron chi connectivity index (χ4n) is 2.88. The highest BCUT2D eigenvalue weighted by atomic mass is 32.1. The van der Waals surface area contributed by atoms with Crippen LogP contribution in [-0.4, -0.2) is 62.9 Å². The molecule has 1 aromatic rings. The molecule has 1 aromatic carbocycles. The van der Waals surface area contributed by atoms with E-state index in [1.54, 1.807) is 12.0 Å². The molecule has 1 aliphatic heterocycles. The van der Waals surface area contributed by atoms with Crippen molar-refractivity contribution >= 4 is 23.3 Å². The Kier molecular flexibility index (Phi) is 7.94. The van der Waals surface area contributed by atoms with Crippen molar-refractivity contribution in [1.82, 2.24) is 10.2 Å². The van der Waals surface area contributed by atoms with Crippen LogP contribution in [0.15, 0.2) is 24.3 Å². The summed E-state index contributed by atoms with van der Waals surface area (Å²) in [5.74, 6) is 0.718. The number of benzene rings is 1. The maximum atomic E-state index is 11.1. The van der Waals surface area contributed by atoms with Crippen LogP contribution in [0.2, 0.25) is 0 Å². The van der Waals surface area contributed by atoms with E-state index in [0.29, 0.717) is 13.0 Å². The first kappa shape index (κ1) is 19.5. The molecule has 0 amide bonds. The Balaban J connectivity index is 1.66. The van der Waals surface area contributed by atoms with Gasteiger partial charge in [0.15, 0.2) is 5.11 Å². The average molecular weight is 367 g/mol. The number of hydrogen-bond donors (Lipinski definition) is 2. The van der Waals surface area contributed by atoms with Gasteiger partial charge in [0.25, 0.3) is 0 Å². The van der Waals surface area contributed by atoms with Gasteiger partial charge >= 0.3 is 5.97 Å². The van der Waals surface area contributed by atoms with Crippen molar-refractivity contribution in [2.24, 2.45) is 0 Å². The highest BCUT2D eigenvalue weighted by molar-refractivity contribution is 7.80. The van der Waals surface area contributed by atoms with E-state index in [4.69, 9.17) is 17.0 Å². The predicted molar refractivity (Wildman–Crippen MR) is 101 cm³/mol. The van der Waals surface area contributed by atoms with E-state index in [2.05, 4.69) is 27.1 Å². The summed E-state index contributed by atoms with van der Waals surface area (Å²) in [5, 5.41) is 4.02. The Morgan fingerprint density at radius 3 is 2.52 bits per heavy atom. The molecule has 0 aliphatic carbocycles. The fraction of sp³-hybridized carbons (Fsp3) is 0.556. The van der Waals surface area contributed by atoms with E-state index in [0.717, 1.165) is 50.0 Å². The Labute approximate surface area is 155 Å². The van der Waals surface area contributed by atoms with Gasteiger partial charge < -0.3 is 24.6 Å². The summed E-state index contributed by atoms with van der Waals surface area (Å²) in [5.41, 5.74) is 1.33. The number of hydrogen-bond acceptors (Lipinski definition) is 4. The molecular formula is C18H28N3O3S+. The maximum Gasteiger partial charge on any atom is 0.305 e. The summed E-state index contributed by atoms with van der Waals surface area (Å²) in [6.07, 6.45) is 1.15. The number of carbonyl (C=O) groups excluding carboxylic acids is 1. The molecule has 25 heavy (non-hydrogen) atoms. The average Bonchev–Trinajstić information content (AvgIpc) is 2.66. The third-order valence-electron chi connectivity index (χ3n) is 4.43. The number of esters is 1. The van der Waals surface area contributed by atoms with E-state index in [-0.39, 0.29) is 5.97 Å². The first-order valence-electron chi connectivity index (χ1n) is 8.68. The van der Waals surface area contributed by atoms with Crippen molar-refractivity contribution in [2.45, 2.75) is 19.4 Å². The number of nitrogens with zero attached hydrogens (tertiary/aromatic N) is 1. The van der Waals surface area contributed by atoms with E-state index in [9.17, 15) is 4.79 Å². The van der Waals surface area contributed by atoms with Crippen molar-refractivity contribution in [3.05, 3.63) is 29.8 Å². The van der Waals surface area contributed by atoms with Gasteiger partial charge in [0.2, 0.25) is 0 Å². The van der Waals surface area contributed by atoms with Gasteiger partial charge in [0.1, 0.15) is 12.3 Å². The van der Waals surface area contributed by atoms with Gasteiger partial charge in [-0.25, -0.2) is 0 Å². The maximum absolute atomic E-state index is 11.1. The van der Waals surface area contributed by atoms with Crippen LogP contribution in [0.3, 0.4) is 0 Å². The number of nitrogens with one attached hydrogen (secondary N) is 2. The fourth-order valence-corrected chi connectivity index (χ4v) is 3.16. The number of ether oxygens (including phenoxy) is 2. The molecule has 2 rings (SSSR count). The van der Waals surface area contributed by atoms with Gasteiger partial charge in [-0.15, -0.1) is 0 Å². The summed E-state index contributed by atoms with van der Waals surface area (Å²) >= 11 is 5.45. The van der Waals surface area contributed by atoms with Gasteiger partial charge in [0.05, 0.1) is 40.4 Å². The number of rotatable bonds is 7. The topological polar surface area (TPSA) is 55.2 Å². The molecule has 1 aliphatic rings. The minimum atomic E-state index is -0.177. The number of quaternary nitrogens is 1. The molecule has 1 heterocycles. The minimum Gasteiger partial charge on any atom is -0.497 e. The lowest BCUT2D eigenvalue weighted by molar-refractivity contribution is -0.917. The van der Waals surface area contributed by atoms with Crippen LogP contribution in [0.4, 0.5) is 0 Å². The monoisotopic (exact) mass is 366 g/mol. The van der Waals surface area contributed by atoms with Crippen molar-refractivity contribution in [3.63, 3.8) is 0 Å². The number of methoxy groups -OCH3 is 2. The Bertz CT molecular complexity index is 557. The van der Waals surface area contributed by atoms with Crippen molar-refractivity contribution < 1.29 is 19.2 Å². The second-order valence-electron chi connectivity index (χ2n) is 6.17. The number of piperazine rings is 1. The second-order valence-corrected chi connectivity index (χ2v) is 6.56. The highest BCUT2D eigenvalue weighted by Crippen LogP contribution is 2.10. The van der Waals surface area contributed by atoms with Crippen molar-refractivity contribution in [1.29, 1.82) is 0 Å². The lowest BCUT2D eigenvalue weighted by Gasteiger charge is -2.34. The zero-order chi connectivity index (χ0) is 18.1. The minimum absolute atomic E-state index is 0.177. The molecule has 6 nitrogen and oxygen atoms in total. The first-order chi connectivity index (χ1) is 12.1. The highest BCUT2D eigenvalue weighted by Gasteiger charge is 2.21. The van der Waals surface area contributed by atoms with Gasteiger partial charge in [-0.2, -0.15) is 0 Å². The second kappa shape index (κ2) is 10.2. The third kappa shape index (κ3) is 6.51. The molecule has 0 atom stereocenters. The van der Waals surface area contributed by atoms with Crippen LogP contribution in [-0.2, 0) is 16.1 Å². The van der Waals surface area contributed by atoms with Crippen LogP contribution >= 0.6 is 12.2 Å². The third-order valence-corrected chi connectivity index (χ3v) is 4.84. The zero-order valence-corrected chi connectivity index (χ0v) is 15.9. The molecule has 138 valence electrons. The predicted octanol–water partition coefficient (Wildman–Crippen LogP) is 0.223. The van der Waals surface area contributed by atoms with Crippen LogP contribution in [0, 0.1) is 0 Å². The molecule has 0 saturated carbocycles. The summed E-state index contributed by atoms with van der Waals surface area (Å²) in [6.45, 7) is 5.76.